The van der Waals surface area contributed by atoms with Crippen LogP contribution in [0.2, 0.25) is 0 Å². The van der Waals surface area contributed by atoms with E-state index in [4.69, 9.17) is 5.26 Å². The summed E-state index contributed by atoms with van der Waals surface area (Å²) in [6.45, 7) is 0. The molecular formula is C7H6N2O2S. The molecule has 62 valence electrons. The molecular weight excluding hydrogens is 176 g/mol. The highest BCUT2D eigenvalue weighted by atomic mass is 32.1. The summed E-state index contributed by atoms with van der Waals surface area (Å²) in [7, 11) is 1.30. The van der Waals surface area contributed by atoms with Gasteiger partial charge in [-0.1, -0.05) is 0 Å². The van der Waals surface area contributed by atoms with Gasteiger partial charge in [0.05, 0.1) is 12.8 Å². The minimum Gasteiger partial charge on any atom is -0.465 e. The zero-order valence-corrected chi connectivity index (χ0v) is 7.14. The third-order valence-electron chi connectivity index (χ3n) is 1.23. The first-order chi connectivity index (χ1) is 5.79. The van der Waals surface area contributed by atoms with Gasteiger partial charge in [0.15, 0.2) is 6.19 Å². The van der Waals surface area contributed by atoms with Crippen molar-refractivity contribution < 1.29 is 9.53 Å². The SMILES string of the molecule is COC(=O)c1sccc1NC#N. The van der Waals surface area contributed by atoms with Crippen LogP contribution in [0.4, 0.5) is 5.69 Å². The van der Waals surface area contributed by atoms with Crippen LogP contribution in [-0.2, 0) is 4.74 Å². The average molecular weight is 182 g/mol. The van der Waals surface area contributed by atoms with E-state index in [0.717, 1.165) is 0 Å². The minimum absolute atomic E-state index is 0.416. The topological polar surface area (TPSA) is 62.1 Å². The lowest BCUT2D eigenvalue weighted by atomic mass is 10.4. The molecule has 5 heteroatoms. The second-order valence-electron chi connectivity index (χ2n) is 1.89. The molecule has 0 bridgehead atoms. The molecule has 0 aromatic carbocycles. The van der Waals surface area contributed by atoms with Crippen LogP contribution in [0.25, 0.3) is 0 Å². The lowest BCUT2D eigenvalue weighted by Crippen LogP contribution is -2.01. The fourth-order valence-electron chi connectivity index (χ4n) is 0.719. The number of ether oxygens (including phenoxy) is 1. The van der Waals surface area contributed by atoms with Gasteiger partial charge in [0.2, 0.25) is 0 Å². The largest absolute Gasteiger partial charge is 0.465 e. The number of hydrogen-bond acceptors (Lipinski definition) is 5. The summed E-state index contributed by atoms with van der Waals surface area (Å²) < 4.78 is 4.50. The van der Waals surface area contributed by atoms with Gasteiger partial charge in [-0.25, -0.2) is 4.79 Å². The molecule has 12 heavy (non-hydrogen) atoms. The minimum atomic E-state index is -0.428. The summed E-state index contributed by atoms with van der Waals surface area (Å²) in [5.41, 5.74) is 0.495. The summed E-state index contributed by atoms with van der Waals surface area (Å²) in [5.74, 6) is -0.428. The van der Waals surface area contributed by atoms with E-state index < -0.39 is 5.97 Å². The second kappa shape index (κ2) is 3.74. The van der Waals surface area contributed by atoms with Gasteiger partial charge < -0.3 is 4.74 Å². The number of nitrogens with one attached hydrogen (secondary N) is 1. The van der Waals surface area contributed by atoms with E-state index in [1.165, 1.54) is 18.4 Å². The van der Waals surface area contributed by atoms with E-state index in [-0.39, 0.29) is 0 Å². The Labute approximate surface area is 73.4 Å². The molecule has 0 unspecified atom stereocenters. The van der Waals surface area contributed by atoms with E-state index in [2.05, 4.69) is 10.1 Å². The molecule has 0 radical (unpaired) electrons. The quantitative estimate of drug-likeness (QED) is 0.427. The maximum atomic E-state index is 11.0. The van der Waals surface area contributed by atoms with Gasteiger partial charge in [0.25, 0.3) is 0 Å². The number of nitrogens with zero attached hydrogens (tertiary/aromatic N) is 1. The molecule has 0 amide bonds. The van der Waals surface area contributed by atoms with Crippen LogP contribution in [0.5, 0.6) is 0 Å². The standard InChI is InChI=1S/C7H6N2O2S/c1-11-7(10)6-5(9-4-8)2-3-12-6/h2-3,9H,1H3. The third kappa shape index (κ3) is 1.54. The first kappa shape index (κ1) is 8.56. The van der Waals surface area contributed by atoms with Gasteiger partial charge in [-0.15, -0.1) is 11.3 Å². The van der Waals surface area contributed by atoms with E-state index in [0.29, 0.717) is 10.6 Å². The summed E-state index contributed by atoms with van der Waals surface area (Å²) >= 11 is 1.23. The summed E-state index contributed by atoms with van der Waals surface area (Å²) in [5, 5.41) is 12.4. The third-order valence-corrected chi connectivity index (χ3v) is 2.12. The maximum Gasteiger partial charge on any atom is 0.350 e. The Bertz CT molecular complexity index is 326. The van der Waals surface area contributed by atoms with Crippen LogP contribution in [-0.4, -0.2) is 13.1 Å². The molecule has 0 saturated carbocycles. The van der Waals surface area contributed by atoms with E-state index in [9.17, 15) is 4.79 Å². The predicted octanol–water partition coefficient (Wildman–Crippen LogP) is 1.43. The summed E-state index contributed by atoms with van der Waals surface area (Å²) in [6, 6.07) is 1.65. The first-order valence-corrected chi connectivity index (χ1v) is 3.98. The Balaban J connectivity index is 2.92. The van der Waals surface area contributed by atoms with Crippen LogP contribution in [0.1, 0.15) is 9.67 Å². The number of nitriles is 1. The van der Waals surface area contributed by atoms with Crippen LogP contribution < -0.4 is 5.32 Å². The second-order valence-corrected chi connectivity index (χ2v) is 2.81. The van der Waals surface area contributed by atoms with Crippen molar-refractivity contribution in [3.05, 3.63) is 16.3 Å². The number of methoxy groups -OCH3 is 1. The maximum absolute atomic E-state index is 11.0. The number of rotatable bonds is 2. The molecule has 1 heterocycles. The number of carbonyl (C=O) groups excluding carboxylic acids is 1. The van der Waals surface area contributed by atoms with E-state index >= 15 is 0 Å². The van der Waals surface area contributed by atoms with Gasteiger partial charge in [-0.3, -0.25) is 5.32 Å². The van der Waals surface area contributed by atoms with Gasteiger partial charge in [-0.05, 0) is 11.4 Å². The van der Waals surface area contributed by atoms with Crippen LogP contribution in [0.3, 0.4) is 0 Å². The number of anilines is 1. The van der Waals surface area contributed by atoms with Crippen LogP contribution >= 0.6 is 11.3 Å². The molecule has 0 spiro atoms. The Kier molecular flexibility index (Phi) is 2.66. The molecule has 0 atom stereocenters. The molecule has 0 aliphatic rings. The highest BCUT2D eigenvalue weighted by Gasteiger charge is 2.12. The Morgan fingerprint density at radius 3 is 3.17 bits per heavy atom. The fraction of sp³-hybridized carbons (Fsp3) is 0.143. The number of carbonyl (C=O) groups is 1. The lowest BCUT2D eigenvalue weighted by molar-refractivity contribution is 0.0607. The van der Waals surface area contributed by atoms with Crippen molar-refractivity contribution >= 4 is 23.0 Å². The van der Waals surface area contributed by atoms with Crippen molar-refractivity contribution in [1.29, 1.82) is 5.26 Å². The van der Waals surface area contributed by atoms with E-state index in [1.54, 1.807) is 17.6 Å². The highest BCUT2D eigenvalue weighted by molar-refractivity contribution is 7.12. The Morgan fingerprint density at radius 1 is 1.83 bits per heavy atom. The van der Waals surface area contributed by atoms with Gasteiger partial charge in [-0.2, -0.15) is 5.26 Å². The molecule has 1 N–H and O–H groups in total. The van der Waals surface area contributed by atoms with Crippen molar-refractivity contribution in [2.75, 3.05) is 12.4 Å². The summed E-state index contributed by atoms with van der Waals surface area (Å²) in [4.78, 5) is 11.4. The lowest BCUT2D eigenvalue weighted by Gasteiger charge is -1.97. The molecule has 0 saturated heterocycles. The zero-order valence-electron chi connectivity index (χ0n) is 6.33. The van der Waals surface area contributed by atoms with Crippen LogP contribution in [0, 0.1) is 11.5 Å². The van der Waals surface area contributed by atoms with E-state index in [1.807, 2.05) is 0 Å². The van der Waals surface area contributed by atoms with Gasteiger partial charge in [0.1, 0.15) is 4.88 Å². The van der Waals surface area contributed by atoms with Crippen molar-refractivity contribution in [2.24, 2.45) is 0 Å². The number of esters is 1. The molecule has 1 aromatic heterocycles. The number of thiophene rings is 1. The molecule has 0 fully saturated rings. The average Bonchev–Trinajstić information content (AvgIpc) is 2.52. The molecule has 1 rings (SSSR count). The smallest absolute Gasteiger partial charge is 0.350 e. The van der Waals surface area contributed by atoms with Crippen LogP contribution in [0.15, 0.2) is 11.4 Å². The van der Waals surface area contributed by atoms with Crippen molar-refractivity contribution in [2.45, 2.75) is 0 Å². The number of hydrogen-bond donors (Lipinski definition) is 1. The van der Waals surface area contributed by atoms with Gasteiger partial charge >= 0.3 is 5.97 Å². The molecule has 1 aromatic rings. The highest BCUT2D eigenvalue weighted by Crippen LogP contribution is 2.22. The van der Waals surface area contributed by atoms with Gasteiger partial charge in [0, 0.05) is 0 Å². The normalized spacial score (nSPS) is 8.67. The van der Waals surface area contributed by atoms with Crippen molar-refractivity contribution in [3.63, 3.8) is 0 Å². The summed E-state index contributed by atoms with van der Waals surface area (Å²) in [6.07, 6.45) is 1.74. The molecule has 4 nitrogen and oxygen atoms in total. The fourth-order valence-corrected chi connectivity index (χ4v) is 1.48. The monoisotopic (exact) mass is 182 g/mol. The van der Waals surface area contributed by atoms with Crippen molar-refractivity contribution in [3.8, 4) is 6.19 Å². The Morgan fingerprint density at radius 2 is 2.58 bits per heavy atom. The zero-order chi connectivity index (χ0) is 8.97. The molecule has 0 aliphatic carbocycles. The Hall–Kier alpha value is -1.54. The van der Waals surface area contributed by atoms with Crippen molar-refractivity contribution in [1.82, 2.24) is 0 Å². The molecule has 0 aliphatic heterocycles. The predicted molar refractivity (Wildman–Crippen MR) is 44.9 cm³/mol. The first-order valence-electron chi connectivity index (χ1n) is 3.10.